The first-order valence-corrected chi connectivity index (χ1v) is 7.90. The van der Waals surface area contributed by atoms with Crippen molar-refractivity contribution in [3.8, 4) is 5.88 Å². The zero-order valence-corrected chi connectivity index (χ0v) is 13.7. The second-order valence-corrected chi connectivity index (χ2v) is 6.62. The number of ether oxygens (including phenoxy) is 2. The molecule has 1 saturated heterocycles. The zero-order chi connectivity index (χ0) is 15.3. The van der Waals surface area contributed by atoms with E-state index in [2.05, 4.69) is 39.7 Å². The molecule has 9 heteroatoms. The molecule has 0 spiro atoms. The van der Waals surface area contributed by atoms with Crippen LogP contribution in [0.3, 0.4) is 0 Å². The van der Waals surface area contributed by atoms with Crippen LogP contribution in [0.25, 0.3) is 0 Å². The first-order valence-electron chi connectivity index (χ1n) is 7.17. The predicted octanol–water partition coefficient (Wildman–Crippen LogP) is -0.146. The molecular formula is C13H25KN4O3S. The fourth-order valence-electron chi connectivity index (χ4n) is 1.89. The molecule has 122 valence electrons. The van der Waals surface area contributed by atoms with Gasteiger partial charge in [-0.15, -0.1) is 4.37 Å². The summed E-state index contributed by atoms with van der Waals surface area (Å²) in [6, 6.07) is 0. The Kier molecular flexibility index (Phi) is 9.27. The van der Waals surface area contributed by atoms with Crippen molar-refractivity contribution in [3.63, 3.8) is 0 Å². The van der Waals surface area contributed by atoms with E-state index in [0.29, 0.717) is 25.6 Å². The molecule has 7 nitrogen and oxygen atoms in total. The van der Waals surface area contributed by atoms with E-state index in [1.54, 1.807) is 0 Å². The van der Waals surface area contributed by atoms with E-state index in [0.717, 1.165) is 30.6 Å². The van der Waals surface area contributed by atoms with Crippen LogP contribution in [-0.4, -0.2) is 116 Å². The van der Waals surface area contributed by atoms with Gasteiger partial charge in [0.2, 0.25) is 5.82 Å². The van der Waals surface area contributed by atoms with Gasteiger partial charge in [0.1, 0.15) is 12.7 Å². The zero-order valence-electron chi connectivity index (χ0n) is 12.8. The molecule has 0 unspecified atom stereocenters. The first-order chi connectivity index (χ1) is 9.96. The van der Waals surface area contributed by atoms with Gasteiger partial charge in [-0.05, 0) is 20.8 Å². The number of β-amino-alcohol motifs (C(OH)–C–C–N with tert-alkyl or cyclic N) is 1. The molecule has 1 aliphatic heterocycles. The van der Waals surface area contributed by atoms with Crippen molar-refractivity contribution in [2.45, 2.75) is 32.4 Å². The summed E-state index contributed by atoms with van der Waals surface area (Å²) in [5.41, 5.74) is -0.0257. The van der Waals surface area contributed by atoms with Crippen LogP contribution in [0, 0.1) is 0 Å². The molecule has 1 atom stereocenters. The number of hydrogen-bond donors (Lipinski definition) is 2. The predicted molar refractivity (Wildman–Crippen MR) is 89.3 cm³/mol. The van der Waals surface area contributed by atoms with E-state index in [-0.39, 0.29) is 63.5 Å². The second kappa shape index (κ2) is 9.85. The van der Waals surface area contributed by atoms with E-state index >= 15 is 0 Å². The third kappa shape index (κ3) is 7.06. The van der Waals surface area contributed by atoms with E-state index in [4.69, 9.17) is 9.47 Å². The van der Waals surface area contributed by atoms with E-state index in [9.17, 15) is 5.11 Å². The second-order valence-electron chi connectivity index (χ2n) is 6.09. The van der Waals surface area contributed by atoms with E-state index in [1.165, 1.54) is 0 Å². The molecule has 22 heavy (non-hydrogen) atoms. The standard InChI is InChI=1S/C13H24N4O3S.K.H/c1-13(2,3)14-8-10(18)9-20-12-11(15-21-16-12)17-4-6-19-7-5-17;;/h10,14,18H,4-9H2,1-3H3;;/t10-;;/m0../s1. The van der Waals surface area contributed by atoms with Crippen LogP contribution in [-0.2, 0) is 4.74 Å². The molecule has 0 amide bonds. The van der Waals surface area contributed by atoms with Gasteiger partial charge in [-0.2, -0.15) is 4.37 Å². The third-order valence-corrected chi connectivity index (χ3v) is 3.54. The maximum absolute atomic E-state index is 9.95. The number of rotatable bonds is 6. The van der Waals surface area contributed by atoms with Crippen LogP contribution in [0.2, 0.25) is 0 Å². The van der Waals surface area contributed by atoms with Crippen molar-refractivity contribution in [1.29, 1.82) is 0 Å². The molecule has 0 aliphatic carbocycles. The monoisotopic (exact) mass is 356 g/mol. The molecule has 0 aromatic carbocycles. The Morgan fingerprint density at radius 1 is 1.36 bits per heavy atom. The topological polar surface area (TPSA) is 79.7 Å². The molecule has 1 aromatic rings. The maximum atomic E-state index is 9.95. The van der Waals surface area contributed by atoms with Crippen LogP contribution < -0.4 is 15.0 Å². The molecule has 2 heterocycles. The average molecular weight is 357 g/mol. The Morgan fingerprint density at radius 3 is 2.68 bits per heavy atom. The van der Waals surface area contributed by atoms with Gasteiger partial charge in [-0.1, -0.05) is 0 Å². The SMILES string of the molecule is CC(C)(C)NC[C@H](O)COc1nsnc1N1CCOCC1.[KH]. The van der Waals surface area contributed by atoms with Crippen molar-refractivity contribution >= 4 is 68.9 Å². The fraction of sp³-hybridized carbons (Fsp3) is 0.846. The first kappa shape index (κ1) is 20.7. The summed E-state index contributed by atoms with van der Waals surface area (Å²) in [6.45, 7) is 9.81. The van der Waals surface area contributed by atoms with Gasteiger partial charge < -0.3 is 24.8 Å². The van der Waals surface area contributed by atoms with Crippen LogP contribution in [0.15, 0.2) is 0 Å². The molecule has 2 N–H and O–H groups in total. The van der Waals surface area contributed by atoms with Crippen LogP contribution >= 0.6 is 11.7 Å². The number of hydrogen-bond acceptors (Lipinski definition) is 8. The number of anilines is 1. The normalized spacial score (nSPS) is 17.0. The van der Waals surface area contributed by atoms with Gasteiger partial charge in [0.25, 0.3) is 5.88 Å². The molecule has 0 saturated carbocycles. The Hall–Kier alpha value is 0.676. The number of nitrogens with one attached hydrogen (secondary N) is 1. The summed E-state index contributed by atoms with van der Waals surface area (Å²) in [4.78, 5) is 2.10. The molecular weight excluding hydrogens is 331 g/mol. The number of aromatic nitrogens is 2. The van der Waals surface area contributed by atoms with Crippen molar-refractivity contribution in [2.24, 2.45) is 0 Å². The molecule has 0 radical (unpaired) electrons. The molecule has 1 aromatic heterocycles. The molecule has 1 aliphatic rings. The van der Waals surface area contributed by atoms with Crippen molar-refractivity contribution in [3.05, 3.63) is 0 Å². The number of morpholine rings is 1. The molecule has 0 bridgehead atoms. The van der Waals surface area contributed by atoms with Crippen molar-refractivity contribution < 1.29 is 14.6 Å². The Bertz CT molecular complexity index is 435. The van der Waals surface area contributed by atoms with E-state index in [1.807, 2.05) is 0 Å². The molecule has 1 fully saturated rings. The number of aliphatic hydroxyl groups is 1. The van der Waals surface area contributed by atoms with Gasteiger partial charge >= 0.3 is 51.4 Å². The van der Waals surface area contributed by atoms with Crippen LogP contribution in [0.5, 0.6) is 5.88 Å². The Morgan fingerprint density at radius 2 is 2.05 bits per heavy atom. The summed E-state index contributed by atoms with van der Waals surface area (Å²) in [6.07, 6.45) is -0.580. The van der Waals surface area contributed by atoms with Gasteiger partial charge in [0, 0.05) is 25.2 Å². The van der Waals surface area contributed by atoms with Crippen molar-refractivity contribution in [2.75, 3.05) is 44.4 Å². The average Bonchev–Trinajstić information content (AvgIpc) is 2.91. The van der Waals surface area contributed by atoms with Gasteiger partial charge in [0.15, 0.2) is 0 Å². The molecule has 2 rings (SSSR count). The van der Waals surface area contributed by atoms with Gasteiger partial charge in [-0.3, -0.25) is 0 Å². The van der Waals surface area contributed by atoms with Crippen LogP contribution in [0.4, 0.5) is 5.82 Å². The number of aliphatic hydroxyl groups excluding tert-OH is 1. The Labute approximate surface area is 178 Å². The minimum atomic E-state index is -0.580. The van der Waals surface area contributed by atoms with E-state index < -0.39 is 6.10 Å². The number of nitrogens with zero attached hydrogens (tertiary/aromatic N) is 3. The van der Waals surface area contributed by atoms with Crippen LogP contribution in [0.1, 0.15) is 20.8 Å². The van der Waals surface area contributed by atoms with Crippen molar-refractivity contribution in [1.82, 2.24) is 14.1 Å². The Balaban J connectivity index is 0.00000242. The summed E-state index contributed by atoms with van der Waals surface area (Å²) < 4.78 is 19.4. The summed E-state index contributed by atoms with van der Waals surface area (Å²) in [7, 11) is 0. The quantitative estimate of drug-likeness (QED) is 0.687. The fourth-order valence-corrected chi connectivity index (χ4v) is 2.41. The van der Waals surface area contributed by atoms with Gasteiger partial charge in [-0.25, -0.2) is 0 Å². The summed E-state index contributed by atoms with van der Waals surface area (Å²) >= 11 is 1.12. The summed E-state index contributed by atoms with van der Waals surface area (Å²) in [5, 5.41) is 13.2. The van der Waals surface area contributed by atoms with Gasteiger partial charge in [0.05, 0.1) is 24.9 Å². The minimum absolute atomic E-state index is 0. The third-order valence-electron chi connectivity index (χ3n) is 3.03. The summed E-state index contributed by atoms with van der Waals surface area (Å²) in [5.74, 6) is 1.25.